The Hall–Kier alpha value is -2.63. The van der Waals surface area contributed by atoms with E-state index in [1.54, 1.807) is 0 Å². The van der Waals surface area contributed by atoms with Crippen molar-refractivity contribution in [2.75, 3.05) is 11.5 Å². The number of hydrogen-bond acceptors (Lipinski definition) is 6. The van der Waals surface area contributed by atoms with E-state index < -0.39 is 0 Å². The smallest absolute Gasteiger partial charge is 0.168 e. The van der Waals surface area contributed by atoms with Crippen LogP contribution in [0.3, 0.4) is 0 Å². The summed E-state index contributed by atoms with van der Waals surface area (Å²) >= 11 is 0. The van der Waals surface area contributed by atoms with Crippen molar-refractivity contribution in [3.63, 3.8) is 0 Å². The molecule has 0 aliphatic rings. The maximum atomic E-state index is 9.41. The van der Waals surface area contributed by atoms with E-state index in [2.05, 4.69) is 15.2 Å². The number of nitrogens with zero attached hydrogens (tertiary/aromatic N) is 3. The third kappa shape index (κ3) is 2.54. The second-order valence-electron chi connectivity index (χ2n) is 3.83. The van der Waals surface area contributed by atoms with Gasteiger partial charge >= 0.3 is 0 Å². The SMILES string of the molecule is Cc1ccc(/N=N/c2cc(O)c(N)nc2N)cc1. The average molecular weight is 243 g/mol. The van der Waals surface area contributed by atoms with Gasteiger partial charge in [-0.15, -0.1) is 5.11 Å². The molecule has 0 atom stereocenters. The number of nitrogens with two attached hydrogens (primary N) is 2. The predicted octanol–water partition coefficient (Wildman–Crippen LogP) is 2.68. The summed E-state index contributed by atoms with van der Waals surface area (Å²) < 4.78 is 0. The standard InChI is InChI=1S/C12H13N5O/c1-7-2-4-8(5-3-7)16-17-9-6-10(18)12(14)15-11(9)13/h2-6,18H,1H3,(H4,13,14,15)/b17-16+. The third-order valence-electron chi connectivity index (χ3n) is 2.35. The van der Waals surface area contributed by atoms with Crippen LogP contribution in [0.25, 0.3) is 0 Å². The fourth-order valence-corrected chi connectivity index (χ4v) is 1.32. The number of nitrogen functional groups attached to an aromatic ring is 2. The first kappa shape index (κ1) is 11.8. The molecule has 5 N–H and O–H groups in total. The summed E-state index contributed by atoms with van der Waals surface area (Å²) in [5.74, 6) is -0.0648. The maximum absolute atomic E-state index is 9.41. The lowest BCUT2D eigenvalue weighted by Gasteiger charge is -2.02. The van der Waals surface area contributed by atoms with Crippen molar-refractivity contribution >= 4 is 23.0 Å². The van der Waals surface area contributed by atoms with E-state index in [0.29, 0.717) is 5.69 Å². The van der Waals surface area contributed by atoms with Crippen LogP contribution >= 0.6 is 0 Å². The predicted molar refractivity (Wildman–Crippen MR) is 70.1 cm³/mol. The number of azo groups is 1. The number of rotatable bonds is 2. The van der Waals surface area contributed by atoms with E-state index in [4.69, 9.17) is 11.5 Å². The third-order valence-corrected chi connectivity index (χ3v) is 2.35. The van der Waals surface area contributed by atoms with Crippen LogP contribution in [0.15, 0.2) is 40.6 Å². The number of benzene rings is 1. The summed E-state index contributed by atoms with van der Waals surface area (Å²) in [4.78, 5) is 3.75. The monoisotopic (exact) mass is 243 g/mol. The Morgan fingerprint density at radius 2 is 1.72 bits per heavy atom. The molecule has 0 radical (unpaired) electrons. The van der Waals surface area contributed by atoms with Crippen LogP contribution < -0.4 is 11.5 Å². The van der Waals surface area contributed by atoms with Gasteiger partial charge in [0.2, 0.25) is 0 Å². The van der Waals surface area contributed by atoms with Gasteiger partial charge in [0, 0.05) is 6.07 Å². The molecular weight excluding hydrogens is 230 g/mol. The van der Waals surface area contributed by atoms with Gasteiger partial charge in [-0.1, -0.05) is 17.7 Å². The number of anilines is 2. The van der Waals surface area contributed by atoms with E-state index in [9.17, 15) is 5.11 Å². The molecule has 0 aliphatic heterocycles. The van der Waals surface area contributed by atoms with Gasteiger partial charge in [0.05, 0.1) is 5.69 Å². The molecule has 18 heavy (non-hydrogen) atoms. The molecule has 92 valence electrons. The zero-order valence-electron chi connectivity index (χ0n) is 9.83. The van der Waals surface area contributed by atoms with Gasteiger partial charge in [-0.05, 0) is 19.1 Å². The van der Waals surface area contributed by atoms with Crippen LogP contribution in [-0.4, -0.2) is 10.1 Å². The van der Waals surface area contributed by atoms with Crippen molar-refractivity contribution in [3.05, 3.63) is 35.9 Å². The summed E-state index contributed by atoms with van der Waals surface area (Å²) in [5.41, 5.74) is 13.1. The lowest BCUT2D eigenvalue weighted by molar-refractivity contribution is 0.476. The van der Waals surface area contributed by atoms with Crippen molar-refractivity contribution < 1.29 is 5.11 Å². The molecular formula is C12H13N5O. The first-order valence-electron chi connectivity index (χ1n) is 5.29. The van der Waals surface area contributed by atoms with Crippen LogP contribution in [-0.2, 0) is 0 Å². The summed E-state index contributed by atoms with van der Waals surface area (Å²) in [6.45, 7) is 1.99. The van der Waals surface area contributed by atoms with E-state index in [-0.39, 0.29) is 23.1 Å². The molecule has 6 heteroatoms. The maximum Gasteiger partial charge on any atom is 0.168 e. The molecule has 0 bridgehead atoms. The van der Waals surface area contributed by atoms with Gasteiger partial charge in [-0.25, -0.2) is 4.98 Å². The van der Waals surface area contributed by atoms with Crippen LogP contribution in [0, 0.1) is 6.92 Å². The molecule has 0 saturated heterocycles. The lowest BCUT2D eigenvalue weighted by Crippen LogP contribution is -1.96. The van der Waals surface area contributed by atoms with Gasteiger partial charge < -0.3 is 16.6 Å². The second kappa shape index (κ2) is 4.70. The largest absolute Gasteiger partial charge is 0.504 e. The number of pyridine rings is 1. The van der Waals surface area contributed by atoms with Gasteiger partial charge in [-0.3, -0.25) is 0 Å². The molecule has 6 nitrogen and oxygen atoms in total. The van der Waals surface area contributed by atoms with Crippen LogP contribution in [0.2, 0.25) is 0 Å². The van der Waals surface area contributed by atoms with E-state index in [0.717, 1.165) is 5.56 Å². The molecule has 2 aromatic rings. The minimum absolute atomic E-state index is 0.0261. The Labute approximate surface area is 104 Å². The van der Waals surface area contributed by atoms with Crippen LogP contribution in [0.1, 0.15) is 5.56 Å². The van der Waals surface area contributed by atoms with Gasteiger partial charge in [-0.2, -0.15) is 5.11 Å². The zero-order chi connectivity index (χ0) is 13.1. The average Bonchev–Trinajstić information content (AvgIpc) is 2.34. The van der Waals surface area contributed by atoms with Crippen molar-refractivity contribution in [1.29, 1.82) is 0 Å². The molecule has 0 unspecified atom stereocenters. The summed E-state index contributed by atoms with van der Waals surface area (Å²) in [6, 6.07) is 8.85. The van der Waals surface area contributed by atoms with Crippen molar-refractivity contribution in [2.24, 2.45) is 10.2 Å². The van der Waals surface area contributed by atoms with E-state index in [1.165, 1.54) is 6.07 Å². The first-order valence-corrected chi connectivity index (χ1v) is 5.29. The number of aryl methyl sites for hydroxylation is 1. The highest BCUT2D eigenvalue weighted by molar-refractivity contribution is 5.65. The second-order valence-corrected chi connectivity index (χ2v) is 3.83. The normalized spacial score (nSPS) is 10.9. The molecule has 1 heterocycles. The number of aromatic hydroxyl groups is 1. The number of hydrogen-bond donors (Lipinski definition) is 3. The molecule has 0 fully saturated rings. The zero-order valence-corrected chi connectivity index (χ0v) is 9.83. The van der Waals surface area contributed by atoms with Gasteiger partial charge in [0.15, 0.2) is 17.4 Å². The van der Waals surface area contributed by atoms with E-state index >= 15 is 0 Å². The van der Waals surface area contributed by atoms with Crippen LogP contribution in [0.4, 0.5) is 23.0 Å². The Kier molecular flexibility index (Phi) is 3.09. The van der Waals surface area contributed by atoms with Crippen molar-refractivity contribution in [3.8, 4) is 5.75 Å². The van der Waals surface area contributed by atoms with Gasteiger partial charge in [0.1, 0.15) is 5.69 Å². The minimum atomic E-state index is -0.165. The summed E-state index contributed by atoms with van der Waals surface area (Å²) in [5, 5.41) is 17.3. The Morgan fingerprint density at radius 1 is 1.06 bits per heavy atom. The molecule has 2 rings (SSSR count). The highest BCUT2D eigenvalue weighted by Gasteiger charge is 2.05. The quantitative estimate of drug-likeness (QED) is 0.704. The Bertz CT molecular complexity index is 592. The highest BCUT2D eigenvalue weighted by Crippen LogP contribution is 2.30. The minimum Gasteiger partial charge on any atom is -0.504 e. The fraction of sp³-hybridized carbons (Fsp3) is 0.0833. The molecule has 0 saturated carbocycles. The molecule has 1 aromatic heterocycles. The molecule has 0 amide bonds. The first-order chi connectivity index (χ1) is 8.56. The van der Waals surface area contributed by atoms with E-state index in [1.807, 2.05) is 31.2 Å². The Balaban J connectivity index is 2.28. The highest BCUT2D eigenvalue weighted by atomic mass is 16.3. The van der Waals surface area contributed by atoms with Crippen LogP contribution in [0.5, 0.6) is 5.75 Å². The van der Waals surface area contributed by atoms with Crippen molar-refractivity contribution in [2.45, 2.75) is 6.92 Å². The topological polar surface area (TPSA) is 110 Å². The van der Waals surface area contributed by atoms with Crippen molar-refractivity contribution in [1.82, 2.24) is 4.98 Å². The van der Waals surface area contributed by atoms with Gasteiger partial charge in [0.25, 0.3) is 0 Å². The molecule has 1 aromatic carbocycles. The molecule has 0 aliphatic carbocycles. The molecule has 0 spiro atoms. The lowest BCUT2D eigenvalue weighted by atomic mass is 10.2. The number of aromatic nitrogens is 1. The Morgan fingerprint density at radius 3 is 2.39 bits per heavy atom. The summed E-state index contributed by atoms with van der Waals surface area (Å²) in [7, 11) is 0. The fourth-order valence-electron chi connectivity index (χ4n) is 1.32. The summed E-state index contributed by atoms with van der Waals surface area (Å²) in [6.07, 6.45) is 0.